The number of hydrogen-bond donors (Lipinski definition) is 1. The van der Waals surface area contributed by atoms with Gasteiger partial charge in [-0.25, -0.2) is 0 Å². The SMILES string of the molecule is CC(C)Cn1c(CN)c(-c2ccccc2)c2cc(CN3C(=O)c4ccccc4C3=O)ccc2c1=O.Cl. The van der Waals surface area contributed by atoms with Crippen LogP contribution in [0.4, 0.5) is 0 Å². The molecule has 184 valence electrons. The minimum atomic E-state index is -0.302. The first-order chi connectivity index (χ1) is 16.9. The van der Waals surface area contributed by atoms with E-state index in [0.717, 1.165) is 27.8 Å². The van der Waals surface area contributed by atoms with E-state index in [1.165, 1.54) is 4.90 Å². The van der Waals surface area contributed by atoms with Crippen molar-refractivity contribution in [2.45, 2.75) is 33.5 Å². The topological polar surface area (TPSA) is 85.4 Å². The maximum Gasteiger partial charge on any atom is 0.261 e. The van der Waals surface area contributed by atoms with Crippen molar-refractivity contribution >= 4 is 35.0 Å². The fourth-order valence-electron chi connectivity index (χ4n) is 4.90. The van der Waals surface area contributed by atoms with Crippen molar-refractivity contribution in [3.05, 3.63) is 106 Å². The average molecular weight is 502 g/mol. The zero-order valence-electron chi connectivity index (χ0n) is 20.2. The Hall–Kier alpha value is -3.74. The Morgan fingerprint density at radius 1 is 0.806 bits per heavy atom. The zero-order valence-corrected chi connectivity index (χ0v) is 21.0. The Labute approximate surface area is 215 Å². The summed E-state index contributed by atoms with van der Waals surface area (Å²) in [5, 5.41) is 1.36. The lowest BCUT2D eigenvalue weighted by Crippen LogP contribution is -2.30. The summed E-state index contributed by atoms with van der Waals surface area (Å²) >= 11 is 0. The van der Waals surface area contributed by atoms with Crippen molar-refractivity contribution in [3.8, 4) is 11.1 Å². The quantitative estimate of drug-likeness (QED) is 0.377. The highest BCUT2D eigenvalue weighted by molar-refractivity contribution is 6.21. The van der Waals surface area contributed by atoms with Gasteiger partial charge in [0.05, 0.1) is 17.7 Å². The summed E-state index contributed by atoms with van der Waals surface area (Å²) < 4.78 is 1.79. The smallest absolute Gasteiger partial charge is 0.261 e. The highest BCUT2D eigenvalue weighted by Gasteiger charge is 2.35. The molecule has 0 radical (unpaired) electrons. The van der Waals surface area contributed by atoms with Crippen molar-refractivity contribution in [1.82, 2.24) is 9.47 Å². The van der Waals surface area contributed by atoms with Gasteiger partial charge in [-0.1, -0.05) is 62.4 Å². The Morgan fingerprint density at radius 2 is 1.42 bits per heavy atom. The molecule has 0 unspecified atom stereocenters. The van der Waals surface area contributed by atoms with Crippen LogP contribution in [0.5, 0.6) is 0 Å². The first-order valence-corrected chi connectivity index (χ1v) is 11.8. The number of benzene rings is 3. The van der Waals surface area contributed by atoms with Crippen LogP contribution in [0.2, 0.25) is 0 Å². The second kappa shape index (κ2) is 10.1. The number of carbonyl (C=O) groups is 2. The van der Waals surface area contributed by atoms with Crippen molar-refractivity contribution in [2.24, 2.45) is 11.7 Å². The zero-order chi connectivity index (χ0) is 24.7. The number of imide groups is 1. The van der Waals surface area contributed by atoms with E-state index in [-0.39, 0.29) is 48.8 Å². The van der Waals surface area contributed by atoms with Crippen LogP contribution in [-0.4, -0.2) is 21.3 Å². The summed E-state index contributed by atoms with van der Waals surface area (Å²) in [6.45, 7) is 5.06. The van der Waals surface area contributed by atoms with Gasteiger partial charge in [-0.3, -0.25) is 19.3 Å². The van der Waals surface area contributed by atoms with Crippen LogP contribution in [0, 0.1) is 5.92 Å². The van der Waals surface area contributed by atoms with Crippen LogP contribution in [0.15, 0.2) is 77.6 Å². The summed E-state index contributed by atoms with van der Waals surface area (Å²) in [6.07, 6.45) is 0. The van der Waals surface area contributed by atoms with Gasteiger partial charge in [0.1, 0.15) is 0 Å². The van der Waals surface area contributed by atoms with Crippen LogP contribution in [0.3, 0.4) is 0 Å². The molecule has 0 fully saturated rings. The lowest BCUT2D eigenvalue weighted by atomic mass is 9.95. The summed E-state index contributed by atoms with van der Waals surface area (Å²) in [4.78, 5) is 40.6. The van der Waals surface area contributed by atoms with Crippen LogP contribution in [0.25, 0.3) is 21.9 Å². The van der Waals surface area contributed by atoms with Crippen LogP contribution in [0.1, 0.15) is 45.8 Å². The first kappa shape index (κ1) is 25.4. The normalized spacial score (nSPS) is 12.8. The number of rotatable bonds is 6. The van der Waals surface area contributed by atoms with Gasteiger partial charge in [-0.05, 0) is 46.7 Å². The predicted octanol–water partition coefficient (Wildman–Crippen LogP) is 5.00. The second-order valence-electron chi connectivity index (χ2n) is 9.32. The molecule has 0 bridgehead atoms. The Morgan fingerprint density at radius 3 is 2.00 bits per heavy atom. The number of amides is 2. The van der Waals surface area contributed by atoms with Crippen LogP contribution >= 0.6 is 12.4 Å². The lowest BCUT2D eigenvalue weighted by molar-refractivity contribution is 0.0642. The molecule has 2 heterocycles. The minimum absolute atomic E-state index is 0. The van der Waals surface area contributed by atoms with Gasteiger partial charge >= 0.3 is 0 Å². The highest BCUT2D eigenvalue weighted by atomic mass is 35.5. The molecule has 2 amide bonds. The molecule has 7 heteroatoms. The molecular formula is C29H28ClN3O3. The van der Waals surface area contributed by atoms with E-state index >= 15 is 0 Å². The number of fused-ring (bicyclic) bond motifs is 2. The lowest BCUT2D eigenvalue weighted by Gasteiger charge is -2.21. The molecule has 0 spiro atoms. The molecule has 0 saturated heterocycles. The summed E-state index contributed by atoms with van der Waals surface area (Å²) in [5.74, 6) is -0.333. The third-order valence-corrected chi connectivity index (χ3v) is 6.47. The molecule has 36 heavy (non-hydrogen) atoms. The van der Waals surface area contributed by atoms with E-state index in [9.17, 15) is 14.4 Å². The fourth-order valence-corrected chi connectivity index (χ4v) is 4.90. The highest BCUT2D eigenvalue weighted by Crippen LogP contribution is 2.32. The minimum Gasteiger partial charge on any atom is -0.325 e. The summed E-state index contributed by atoms with van der Waals surface area (Å²) in [6, 6.07) is 22.3. The molecule has 3 aromatic carbocycles. The van der Waals surface area contributed by atoms with E-state index in [1.54, 1.807) is 34.9 Å². The van der Waals surface area contributed by atoms with Crippen LogP contribution < -0.4 is 11.3 Å². The van der Waals surface area contributed by atoms with Gasteiger partial charge in [-0.15, -0.1) is 12.4 Å². The van der Waals surface area contributed by atoms with Crippen molar-refractivity contribution in [1.29, 1.82) is 0 Å². The number of hydrogen-bond acceptors (Lipinski definition) is 4. The number of pyridine rings is 1. The maximum absolute atomic E-state index is 13.5. The third-order valence-electron chi connectivity index (χ3n) is 6.47. The molecule has 1 aliphatic rings. The van der Waals surface area contributed by atoms with Crippen LogP contribution in [-0.2, 0) is 19.6 Å². The molecule has 4 aromatic rings. The molecule has 6 nitrogen and oxygen atoms in total. The van der Waals surface area contributed by atoms with E-state index < -0.39 is 0 Å². The van der Waals surface area contributed by atoms with Gasteiger partial charge in [0.15, 0.2) is 0 Å². The maximum atomic E-state index is 13.5. The molecule has 0 aliphatic carbocycles. The largest absolute Gasteiger partial charge is 0.325 e. The molecule has 1 aromatic heterocycles. The number of aromatic nitrogens is 1. The Bertz CT molecular complexity index is 1490. The second-order valence-corrected chi connectivity index (χ2v) is 9.32. The molecule has 1 aliphatic heterocycles. The molecule has 0 atom stereocenters. The van der Waals surface area contributed by atoms with Gasteiger partial charge in [0.2, 0.25) is 0 Å². The van der Waals surface area contributed by atoms with E-state index in [1.807, 2.05) is 42.5 Å². The van der Waals surface area contributed by atoms with E-state index in [0.29, 0.717) is 23.1 Å². The molecular weight excluding hydrogens is 474 g/mol. The number of nitrogens with two attached hydrogens (primary N) is 1. The third kappa shape index (κ3) is 4.23. The monoisotopic (exact) mass is 501 g/mol. The van der Waals surface area contributed by atoms with Gasteiger partial charge in [0, 0.05) is 29.7 Å². The number of halogens is 1. The molecule has 0 saturated carbocycles. The van der Waals surface area contributed by atoms with E-state index in [2.05, 4.69) is 13.8 Å². The number of nitrogens with zero attached hydrogens (tertiary/aromatic N) is 2. The first-order valence-electron chi connectivity index (χ1n) is 11.8. The average Bonchev–Trinajstić information content (AvgIpc) is 3.10. The Balaban J connectivity index is 0.00000304. The summed E-state index contributed by atoms with van der Waals surface area (Å²) in [7, 11) is 0. The van der Waals surface area contributed by atoms with Gasteiger partial charge < -0.3 is 10.3 Å². The summed E-state index contributed by atoms with van der Waals surface area (Å²) in [5.41, 5.74) is 10.4. The Kier molecular flexibility index (Phi) is 7.11. The van der Waals surface area contributed by atoms with Crippen molar-refractivity contribution in [2.75, 3.05) is 0 Å². The van der Waals surface area contributed by atoms with Gasteiger partial charge in [0.25, 0.3) is 17.4 Å². The molecule has 2 N–H and O–H groups in total. The fraction of sp³-hybridized carbons (Fsp3) is 0.207. The van der Waals surface area contributed by atoms with Crippen molar-refractivity contribution < 1.29 is 9.59 Å². The predicted molar refractivity (Wildman–Crippen MR) is 144 cm³/mol. The van der Waals surface area contributed by atoms with E-state index in [4.69, 9.17) is 5.73 Å². The standard InChI is InChI=1S/C29H27N3O3.ClH/c1-18(2)16-31-25(15-30)26(20-8-4-3-5-9-20)24-14-19(12-13-23(24)27(31)33)17-32-28(34)21-10-6-7-11-22(21)29(32)35;/h3-14,18H,15-17,30H2,1-2H3;1H. The van der Waals surface area contributed by atoms with Gasteiger partial charge in [-0.2, -0.15) is 0 Å². The molecule has 5 rings (SSSR count). The number of carbonyl (C=O) groups excluding carboxylic acids is 2. The van der Waals surface area contributed by atoms with Crippen molar-refractivity contribution in [3.63, 3.8) is 0 Å².